The first-order chi connectivity index (χ1) is 10.5. The second kappa shape index (κ2) is 11.0. The Morgan fingerprint density at radius 1 is 1.09 bits per heavy atom. The summed E-state index contributed by atoms with van der Waals surface area (Å²) < 4.78 is 0. The fourth-order valence-electron chi connectivity index (χ4n) is 2.69. The zero-order chi connectivity index (χ0) is 16.4. The van der Waals surface area contributed by atoms with E-state index in [-0.39, 0.29) is 5.91 Å². The maximum absolute atomic E-state index is 11.2. The van der Waals surface area contributed by atoms with Crippen LogP contribution in [-0.2, 0) is 4.79 Å². The smallest absolute Gasteiger partial charge is 0.219 e. The maximum Gasteiger partial charge on any atom is 0.219 e. The summed E-state index contributed by atoms with van der Waals surface area (Å²) in [5.74, 6) is 0.163. The van der Waals surface area contributed by atoms with Gasteiger partial charge in [0.25, 0.3) is 0 Å². The summed E-state index contributed by atoms with van der Waals surface area (Å²) in [6.07, 6.45) is 2.91. The van der Waals surface area contributed by atoms with Crippen LogP contribution in [-0.4, -0.2) is 86.1 Å². The zero-order valence-electron chi connectivity index (χ0n) is 15.1. The SMILES string of the molecule is CCC(=O)NCCCN1CCN(CCCN(C)C(C)C)CC1. The molecule has 5 heteroatoms. The third-order valence-electron chi connectivity index (χ3n) is 4.63. The van der Waals surface area contributed by atoms with Crippen LogP contribution in [0.3, 0.4) is 0 Å². The number of amides is 1. The predicted molar refractivity (Wildman–Crippen MR) is 93.2 cm³/mol. The molecule has 1 saturated heterocycles. The summed E-state index contributed by atoms with van der Waals surface area (Å²) >= 11 is 0. The van der Waals surface area contributed by atoms with Crippen molar-refractivity contribution in [2.24, 2.45) is 0 Å². The van der Waals surface area contributed by atoms with Gasteiger partial charge in [-0.1, -0.05) is 6.92 Å². The van der Waals surface area contributed by atoms with Crippen molar-refractivity contribution in [1.29, 1.82) is 0 Å². The van der Waals surface area contributed by atoms with Crippen molar-refractivity contribution in [2.75, 3.05) is 59.4 Å². The summed E-state index contributed by atoms with van der Waals surface area (Å²) in [5.41, 5.74) is 0. The van der Waals surface area contributed by atoms with Gasteiger partial charge in [-0.3, -0.25) is 4.79 Å². The van der Waals surface area contributed by atoms with Crippen molar-refractivity contribution < 1.29 is 4.79 Å². The molecular weight excluding hydrogens is 276 g/mol. The highest BCUT2D eigenvalue weighted by Gasteiger charge is 2.16. The van der Waals surface area contributed by atoms with Crippen LogP contribution in [0.4, 0.5) is 0 Å². The van der Waals surface area contributed by atoms with E-state index in [0.29, 0.717) is 12.5 Å². The largest absolute Gasteiger partial charge is 0.356 e. The Morgan fingerprint density at radius 2 is 1.64 bits per heavy atom. The van der Waals surface area contributed by atoms with Crippen molar-refractivity contribution in [2.45, 2.75) is 46.1 Å². The molecule has 22 heavy (non-hydrogen) atoms. The van der Waals surface area contributed by atoms with Crippen LogP contribution in [0.1, 0.15) is 40.0 Å². The highest BCUT2D eigenvalue weighted by Crippen LogP contribution is 2.04. The Kier molecular flexibility index (Phi) is 9.68. The van der Waals surface area contributed by atoms with Crippen LogP contribution in [0.2, 0.25) is 0 Å². The van der Waals surface area contributed by atoms with Gasteiger partial charge in [-0.15, -0.1) is 0 Å². The average molecular weight is 313 g/mol. The monoisotopic (exact) mass is 312 g/mol. The molecule has 1 fully saturated rings. The number of nitrogens with zero attached hydrogens (tertiary/aromatic N) is 3. The second-order valence-electron chi connectivity index (χ2n) is 6.67. The number of nitrogens with one attached hydrogen (secondary N) is 1. The van der Waals surface area contributed by atoms with Gasteiger partial charge in [0.05, 0.1) is 0 Å². The number of hydrogen-bond acceptors (Lipinski definition) is 4. The van der Waals surface area contributed by atoms with E-state index in [9.17, 15) is 4.79 Å². The fraction of sp³-hybridized carbons (Fsp3) is 0.941. The molecule has 0 saturated carbocycles. The molecule has 1 N–H and O–H groups in total. The second-order valence-corrected chi connectivity index (χ2v) is 6.67. The van der Waals surface area contributed by atoms with Crippen molar-refractivity contribution in [3.8, 4) is 0 Å². The average Bonchev–Trinajstić information content (AvgIpc) is 2.52. The third kappa shape index (κ3) is 8.11. The Morgan fingerprint density at radius 3 is 2.14 bits per heavy atom. The topological polar surface area (TPSA) is 38.8 Å². The van der Waals surface area contributed by atoms with Crippen LogP contribution in [0.15, 0.2) is 0 Å². The molecular formula is C17H36N4O. The van der Waals surface area contributed by atoms with Gasteiger partial charge in [-0.25, -0.2) is 0 Å². The normalized spacial score (nSPS) is 17.4. The van der Waals surface area contributed by atoms with E-state index in [2.05, 4.69) is 40.9 Å². The standard InChI is InChI=1S/C17H36N4O/c1-5-17(22)18-8-6-10-20-12-14-21(15-13-20)11-7-9-19(4)16(2)3/h16H,5-15H2,1-4H3,(H,18,22). The maximum atomic E-state index is 11.2. The molecule has 0 spiro atoms. The van der Waals surface area contributed by atoms with Crippen molar-refractivity contribution in [3.05, 3.63) is 0 Å². The Labute approximate surface area is 137 Å². The van der Waals surface area contributed by atoms with Gasteiger partial charge in [0.2, 0.25) is 5.91 Å². The number of piperazine rings is 1. The summed E-state index contributed by atoms with van der Waals surface area (Å²) in [5, 5.41) is 2.95. The molecule has 0 unspecified atom stereocenters. The van der Waals surface area contributed by atoms with Gasteiger partial charge in [-0.05, 0) is 53.4 Å². The van der Waals surface area contributed by atoms with E-state index >= 15 is 0 Å². The molecule has 0 bridgehead atoms. The first kappa shape index (κ1) is 19.4. The lowest BCUT2D eigenvalue weighted by molar-refractivity contribution is -0.120. The molecule has 0 aromatic rings. The third-order valence-corrected chi connectivity index (χ3v) is 4.63. The zero-order valence-corrected chi connectivity index (χ0v) is 15.1. The molecule has 1 aliphatic rings. The summed E-state index contributed by atoms with van der Waals surface area (Å²) in [6, 6.07) is 0.644. The van der Waals surface area contributed by atoms with E-state index in [1.165, 1.54) is 45.7 Å². The summed E-state index contributed by atoms with van der Waals surface area (Å²) in [7, 11) is 2.21. The first-order valence-corrected chi connectivity index (χ1v) is 8.94. The fourth-order valence-corrected chi connectivity index (χ4v) is 2.69. The Balaban J connectivity index is 2.02. The van der Waals surface area contributed by atoms with Crippen molar-refractivity contribution >= 4 is 5.91 Å². The molecule has 0 aromatic carbocycles. The lowest BCUT2D eigenvalue weighted by Gasteiger charge is -2.35. The van der Waals surface area contributed by atoms with E-state index in [1.54, 1.807) is 0 Å². The molecule has 1 aliphatic heterocycles. The van der Waals surface area contributed by atoms with Gasteiger partial charge in [0.1, 0.15) is 0 Å². The molecule has 0 radical (unpaired) electrons. The quantitative estimate of drug-likeness (QED) is 0.616. The molecule has 1 amide bonds. The molecule has 130 valence electrons. The van der Waals surface area contributed by atoms with Crippen LogP contribution in [0, 0.1) is 0 Å². The molecule has 0 atom stereocenters. The van der Waals surface area contributed by atoms with E-state index in [0.717, 1.165) is 19.5 Å². The molecule has 5 nitrogen and oxygen atoms in total. The first-order valence-electron chi connectivity index (χ1n) is 8.94. The van der Waals surface area contributed by atoms with Gasteiger partial charge in [-0.2, -0.15) is 0 Å². The van der Waals surface area contributed by atoms with Crippen LogP contribution >= 0.6 is 0 Å². The lowest BCUT2D eigenvalue weighted by atomic mass is 10.2. The van der Waals surface area contributed by atoms with Crippen molar-refractivity contribution in [3.63, 3.8) is 0 Å². The van der Waals surface area contributed by atoms with Crippen molar-refractivity contribution in [1.82, 2.24) is 20.0 Å². The van der Waals surface area contributed by atoms with Crippen LogP contribution in [0.5, 0.6) is 0 Å². The summed E-state index contributed by atoms with van der Waals surface area (Å²) in [4.78, 5) is 18.7. The van der Waals surface area contributed by atoms with Gasteiger partial charge in [0.15, 0.2) is 0 Å². The lowest BCUT2D eigenvalue weighted by Crippen LogP contribution is -2.47. The van der Waals surface area contributed by atoms with Gasteiger partial charge in [0, 0.05) is 45.2 Å². The number of carbonyl (C=O) groups is 1. The van der Waals surface area contributed by atoms with E-state index in [1.807, 2.05) is 6.92 Å². The number of hydrogen-bond donors (Lipinski definition) is 1. The summed E-state index contributed by atoms with van der Waals surface area (Å²) in [6.45, 7) is 15.4. The minimum atomic E-state index is 0.163. The molecule has 0 aromatic heterocycles. The minimum absolute atomic E-state index is 0.163. The van der Waals surface area contributed by atoms with Gasteiger partial charge >= 0.3 is 0 Å². The van der Waals surface area contributed by atoms with Crippen LogP contribution in [0.25, 0.3) is 0 Å². The molecule has 0 aliphatic carbocycles. The minimum Gasteiger partial charge on any atom is -0.356 e. The van der Waals surface area contributed by atoms with Crippen LogP contribution < -0.4 is 5.32 Å². The van der Waals surface area contributed by atoms with E-state index in [4.69, 9.17) is 0 Å². The van der Waals surface area contributed by atoms with Gasteiger partial charge < -0.3 is 20.0 Å². The number of carbonyl (C=O) groups excluding carboxylic acids is 1. The molecule has 1 heterocycles. The highest BCUT2D eigenvalue weighted by molar-refractivity contribution is 5.75. The predicted octanol–water partition coefficient (Wildman–Crippen LogP) is 1.25. The molecule has 1 rings (SSSR count). The van der Waals surface area contributed by atoms with E-state index < -0.39 is 0 Å². The Hall–Kier alpha value is -0.650. The highest BCUT2D eigenvalue weighted by atomic mass is 16.1. The number of rotatable bonds is 10. The Bertz CT molecular complexity index is 301.